The summed E-state index contributed by atoms with van der Waals surface area (Å²) in [4.78, 5) is 26.3. The first-order valence-electron chi connectivity index (χ1n) is 9.75. The van der Waals surface area contributed by atoms with E-state index in [0.717, 1.165) is 23.1 Å². The normalized spacial score (nSPS) is 12.7. The number of nitrogens with one attached hydrogen (secondary N) is 1. The molecule has 1 atom stereocenters. The Labute approximate surface area is 199 Å². The van der Waals surface area contributed by atoms with E-state index < -0.39 is 62.7 Å². The molecule has 13 heteroatoms. The summed E-state index contributed by atoms with van der Waals surface area (Å²) in [5, 5.41) is 1.70. The second-order valence-corrected chi connectivity index (χ2v) is 9.65. The van der Waals surface area contributed by atoms with Crippen molar-refractivity contribution in [3.63, 3.8) is 0 Å². The van der Waals surface area contributed by atoms with Crippen LogP contribution in [0.1, 0.15) is 18.1 Å². The fourth-order valence-electron chi connectivity index (χ4n) is 3.10. The molecule has 0 aliphatic heterocycles. The summed E-state index contributed by atoms with van der Waals surface area (Å²) >= 11 is 5.61. The monoisotopic (exact) mass is 523 g/mol. The molecule has 7 nitrogen and oxygen atoms in total. The number of hydrogen-bond donors (Lipinski definition) is 1. The lowest BCUT2D eigenvalue weighted by Gasteiger charge is -2.31. The molecule has 1 N–H and O–H groups in total. The van der Waals surface area contributed by atoms with Crippen LogP contribution in [0.15, 0.2) is 42.5 Å². The number of sulfonamides is 1. The molecule has 34 heavy (non-hydrogen) atoms. The molecule has 0 saturated heterocycles. The van der Waals surface area contributed by atoms with Crippen molar-refractivity contribution in [2.45, 2.75) is 25.7 Å². The van der Waals surface area contributed by atoms with Crippen LogP contribution in [0, 0.1) is 5.82 Å². The van der Waals surface area contributed by atoms with Gasteiger partial charge in [0, 0.05) is 19.2 Å². The number of nitrogens with zero attached hydrogens (tertiary/aromatic N) is 2. The van der Waals surface area contributed by atoms with Gasteiger partial charge in [-0.05, 0) is 31.2 Å². The third-order valence-electron chi connectivity index (χ3n) is 4.93. The van der Waals surface area contributed by atoms with E-state index in [9.17, 15) is 35.6 Å². The predicted molar refractivity (Wildman–Crippen MR) is 119 cm³/mol. The number of alkyl halides is 3. The molecule has 2 aromatic carbocycles. The molecule has 0 aliphatic rings. The zero-order valence-corrected chi connectivity index (χ0v) is 19.9. The average Bonchev–Trinajstić information content (AvgIpc) is 2.74. The van der Waals surface area contributed by atoms with Crippen LogP contribution in [0.2, 0.25) is 5.02 Å². The van der Waals surface area contributed by atoms with Crippen molar-refractivity contribution in [3.05, 3.63) is 64.4 Å². The van der Waals surface area contributed by atoms with Crippen molar-refractivity contribution >= 4 is 39.1 Å². The van der Waals surface area contributed by atoms with Crippen molar-refractivity contribution < 1.29 is 35.6 Å². The van der Waals surface area contributed by atoms with Gasteiger partial charge >= 0.3 is 6.18 Å². The van der Waals surface area contributed by atoms with Crippen LogP contribution >= 0.6 is 11.6 Å². The highest BCUT2D eigenvalue weighted by atomic mass is 35.5. The maximum atomic E-state index is 14.2. The predicted octanol–water partition coefficient (Wildman–Crippen LogP) is 3.43. The molecule has 0 fully saturated rings. The SMILES string of the molecule is CNC(=O)[C@@H](C)N(Cc1ccccc1F)C(=O)CN(c1ccc(Cl)c(C(F)(F)F)c1)S(C)(=O)=O. The van der Waals surface area contributed by atoms with Crippen LogP contribution in [-0.2, 0) is 32.3 Å². The lowest BCUT2D eigenvalue weighted by Crippen LogP contribution is -2.50. The van der Waals surface area contributed by atoms with Crippen LogP contribution in [0.25, 0.3) is 0 Å². The number of amides is 2. The van der Waals surface area contributed by atoms with E-state index in [1.165, 1.54) is 32.2 Å². The van der Waals surface area contributed by atoms with E-state index in [0.29, 0.717) is 16.6 Å². The topological polar surface area (TPSA) is 86.8 Å². The highest BCUT2D eigenvalue weighted by molar-refractivity contribution is 7.92. The van der Waals surface area contributed by atoms with E-state index in [1.807, 2.05) is 0 Å². The van der Waals surface area contributed by atoms with E-state index in [1.54, 1.807) is 0 Å². The number of halogens is 5. The third kappa shape index (κ3) is 6.60. The Bertz CT molecular complexity index is 1170. The van der Waals surface area contributed by atoms with Crippen molar-refractivity contribution in [2.75, 3.05) is 24.2 Å². The Morgan fingerprint density at radius 1 is 1.15 bits per heavy atom. The van der Waals surface area contributed by atoms with E-state index >= 15 is 0 Å². The highest BCUT2D eigenvalue weighted by Crippen LogP contribution is 2.37. The Balaban J connectivity index is 2.49. The van der Waals surface area contributed by atoms with Gasteiger partial charge in [-0.25, -0.2) is 12.8 Å². The molecule has 0 heterocycles. The lowest BCUT2D eigenvalue weighted by atomic mass is 10.1. The molecular weight excluding hydrogens is 502 g/mol. The Hall–Kier alpha value is -2.86. The van der Waals surface area contributed by atoms with Crippen molar-refractivity contribution in [1.82, 2.24) is 10.2 Å². The molecule has 2 amide bonds. The molecule has 2 aromatic rings. The summed E-state index contributed by atoms with van der Waals surface area (Å²) in [5.41, 5.74) is -1.68. The van der Waals surface area contributed by atoms with Gasteiger partial charge in [0.25, 0.3) is 0 Å². The van der Waals surface area contributed by atoms with Gasteiger partial charge in [0.15, 0.2) is 0 Å². The molecule has 0 unspecified atom stereocenters. The first kappa shape index (κ1) is 27.4. The van der Waals surface area contributed by atoms with Crippen molar-refractivity contribution in [1.29, 1.82) is 0 Å². The number of carbonyl (C=O) groups is 2. The average molecular weight is 524 g/mol. The van der Waals surface area contributed by atoms with Crippen LogP contribution < -0.4 is 9.62 Å². The van der Waals surface area contributed by atoms with Crippen molar-refractivity contribution in [3.8, 4) is 0 Å². The van der Waals surface area contributed by atoms with Crippen LogP contribution in [0.4, 0.5) is 23.2 Å². The van der Waals surface area contributed by atoms with Gasteiger partial charge in [-0.2, -0.15) is 13.2 Å². The highest BCUT2D eigenvalue weighted by Gasteiger charge is 2.35. The number of likely N-dealkylation sites (N-methyl/N-ethyl adjacent to an activating group) is 1. The maximum Gasteiger partial charge on any atom is 0.417 e. The number of carbonyl (C=O) groups excluding carboxylic acids is 2. The number of benzene rings is 2. The summed E-state index contributed by atoms with van der Waals surface area (Å²) in [7, 11) is -2.93. The molecule has 2 rings (SSSR count). The number of hydrogen-bond acceptors (Lipinski definition) is 4. The van der Waals surface area contributed by atoms with Gasteiger partial charge in [0.1, 0.15) is 18.4 Å². The quantitative estimate of drug-likeness (QED) is 0.537. The Morgan fingerprint density at radius 2 is 1.76 bits per heavy atom. The fourth-order valence-corrected chi connectivity index (χ4v) is 4.17. The summed E-state index contributed by atoms with van der Waals surface area (Å²) in [6.07, 6.45) is -4.16. The van der Waals surface area contributed by atoms with E-state index in [2.05, 4.69) is 5.32 Å². The minimum absolute atomic E-state index is 0.0587. The van der Waals surface area contributed by atoms with Gasteiger partial charge in [-0.3, -0.25) is 13.9 Å². The Kier molecular flexibility index (Phi) is 8.54. The molecule has 186 valence electrons. The zero-order chi connectivity index (χ0) is 25.8. The van der Waals surface area contributed by atoms with Gasteiger partial charge < -0.3 is 10.2 Å². The minimum Gasteiger partial charge on any atom is -0.357 e. The van der Waals surface area contributed by atoms with E-state index in [4.69, 9.17) is 11.6 Å². The molecule has 0 radical (unpaired) electrons. The number of rotatable bonds is 8. The van der Waals surface area contributed by atoms with Gasteiger partial charge in [-0.1, -0.05) is 29.8 Å². The lowest BCUT2D eigenvalue weighted by molar-refractivity contribution is -0.139. The first-order valence-corrected chi connectivity index (χ1v) is 12.0. The molecule has 0 spiro atoms. The molecule has 0 bridgehead atoms. The van der Waals surface area contributed by atoms with Gasteiger partial charge in [-0.15, -0.1) is 0 Å². The van der Waals surface area contributed by atoms with Crippen LogP contribution in [0.5, 0.6) is 0 Å². The van der Waals surface area contributed by atoms with Crippen LogP contribution in [0.3, 0.4) is 0 Å². The van der Waals surface area contributed by atoms with Crippen LogP contribution in [-0.4, -0.2) is 51.0 Å². The summed E-state index contributed by atoms with van der Waals surface area (Å²) in [6.45, 7) is 0.0338. The zero-order valence-electron chi connectivity index (χ0n) is 18.4. The minimum atomic E-state index is -4.87. The summed E-state index contributed by atoms with van der Waals surface area (Å²) < 4.78 is 79.3. The largest absolute Gasteiger partial charge is 0.417 e. The standard InChI is InChI=1S/C21H22ClF4N3O4S/c1-13(20(31)27-2)28(11-14-6-4-5-7-18(14)23)19(30)12-29(34(3,32)33)15-8-9-17(22)16(10-15)21(24,25)26/h4-10,13H,11-12H2,1-3H3,(H,27,31)/t13-/m1/s1. The molecule has 0 saturated carbocycles. The summed E-state index contributed by atoms with van der Waals surface area (Å²) in [6, 6.07) is 6.74. The van der Waals surface area contributed by atoms with Gasteiger partial charge in [0.2, 0.25) is 21.8 Å². The van der Waals surface area contributed by atoms with Crippen molar-refractivity contribution in [2.24, 2.45) is 0 Å². The van der Waals surface area contributed by atoms with E-state index in [-0.39, 0.29) is 12.1 Å². The molecule has 0 aromatic heterocycles. The molecule has 0 aliphatic carbocycles. The smallest absolute Gasteiger partial charge is 0.357 e. The first-order chi connectivity index (χ1) is 15.7. The fraction of sp³-hybridized carbons (Fsp3) is 0.333. The van der Waals surface area contributed by atoms with Gasteiger partial charge in [0.05, 0.1) is 22.5 Å². The second-order valence-electron chi connectivity index (χ2n) is 7.33. The number of anilines is 1. The summed E-state index contributed by atoms with van der Waals surface area (Å²) in [5.74, 6) is -2.20. The Morgan fingerprint density at radius 3 is 2.29 bits per heavy atom. The third-order valence-corrected chi connectivity index (χ3v) is 6.40. The second kappa shape index (κ2) is 10.6. The maximum absolute atomic E-state index is 14.2. The molecular formula is C21H22ClF4N3O4S.